The topological polar surface area (TPSA) is 94.1 Å². The first-order valence-corrected chi connectivity index (χ1v) is 11.0. The third kappa shape index (κ3) is 2.68. The lowest BCUT2D eigenvalue weighted by atomic mass is 10.00. The van der Waals surface area contributed by atoms with Crippen LogP contribution in [-0.2, 0) is 16.6 Å². The summed E-state index contributed by atoms with van der Waals surface area (Å²) >= 11 is 0. The molecule has 0 amide bonds. The van der Waals surface area contributed by atoms with Gasteiger partial charge in [0.25, 0.3) is 0 Å². The Hall–Kier alpha value is -2.52. The van der Waals surface area contributed by atoms with E-state index in [4.69, 9.17) is 4.52 Å². The summed E-state index contributed by atoms with van der Waals surface area (Å²) in [6, 6.07) is 9.10. The van der Waals surface area contributed by atoms with Crippen LogP contribution in [0, 0.1) is 5.92 Å². The van der Waals surface area contributed by atoms with Gasteiger partial charge in [0, 0.05) is 24.3 Å². The number of nitrogens with zero attached hydrogens (tertiary/aromatic N) is 5. The zero-order valence-corrected chi connectivity index (χ0v) is 16.3. The summed E-state index contributed by atoms with van der Waals surface area (Å²) in [5.41, 5.74) is 0.847. The number of aromatic nitrogens is 4. The van der Waals surface area contributed by atoms with E-state index in [1.807, 2.05) is 37.3 Å². The minimum absolute atomic E-state index is 0.0305. The van der Waals surface area contributed by atoms with Crippen molar-refractivity contribution in [3.8, 4) is 11.4 Å². The number of benzene rings is 1. The van der Waals surface area contributed by atoms with Crippen molar-refractivity contribution in [2.75, 3.05) is 0 Å². The van der Waals surface area contributed by atoms with Gasteiger partial charge in [-0.2, -0.15) is 14.4 Å². The normalized spacial score (nSPS) is 24.8. The molecule has 28 heavy (non-hydrogen) atoms. The molecule has 2 bridgehead atoms. The second-order valence-electron chi connectivity index (χ2n) is 7.36. The maximum absolute atomic E-state index is 13.4. The van der Waals surface area contributed by atoms with Crippen LogP contribution in [0.2, 0.25) is 0 Å². The fraction of sp³-hybridized carbons (Fsp3) is 0.421. The molecular weight excluding hydrogens is 378 g/mol. The van der Waals surface area contributed by atoms with Gasteiger partial charge in [-0.05, 0) is 32.1 Å². The predicted octanol–water partition coefficient (Wildman–Crippen LogP) is 2.87. The van der Waals surface area contributed by atoms with Crippen LogP contribution in [0.25, 0.3) is 11.4 Å². The molecule has 3 heterocycles. The van der Waals surface area contributed by atoms with Crippen LogP contribution in [-0.4, -0.2) is 38.7 Å². The maximum Gasteiger partial charge on any atom is 0.247 e. The van der Waals surface area contributed by atoms with E-state index in [2.05, 4.69) is 15.2 Å². The Kier molecular flexibility index (Phi) is 4.09. The Morgan fingerprint density at radius 1 is 1.21 bits per heavy atom. The molecule has 8 nitrogen and oxygen atoms in total. The van der Waals surface area contributed by atoms with Crippen LogP contribution in [0.4, 0.5) is 0 Å². The highest BCUT2D eigenvalue weighted by molar-refractivity contribution is 7.89. The Morgan fingerprint density at radius 3 is 2.79 bits per heavy atom. The van der Waals surface area contributed by atoms with Crippen LogP contribution in [0.15, 0.2) is 52.1 Å². The first kappa shape index (κ1) is 17.6. The van der Waals surface area contributed by atoms with Gasteiger partial charge in [-0.25, -0.2) is 8.42 Å². The van der Waals surface area contributed by atoms with Gasteiger partial charge < -0.3 is 4.52 Å². The van der Waals surface area contributed by atoms with E-state index >= 15 is 0 Å². The quantitative estimate of drug-likeness (QED) is 0.655. The summed E-state index contributed by atoms with van der Waals surface area (Å²) in [6.07, 6.45) is 5.67. The Bertz CT molecular complexity index is 1090. The van der Waals surface area contributed by atoms with Gasteiger partial charge in [0.15, 0.2) is 0 Å². The fourth-order valence-corrected chi connectivity index (χ4v) is 6.26. The molecule has 2 aliphatic rings. The standard InChI is InChI=1S/C19H21N5O3S/c1-2-23-12-16(11-20-23)28(25,26)24-15-9-8-14(10-15)17(24)19-21-18(22-27-19)13-6-4-3-5-7-13/h3-7,11-12,14-15,17H,2,8-10H2,1H3/t14-,15-,17-/m1/s1. The molecule has 9 heteroatoms. The molecule has 0 radical (unpaired) electrons. The second-order valence-corrected chi connectivity index (χ2v) is 9.20. The molecule has 0 N–H and O–H groups in total. The summed E-state index contributed by atoms with van der Waals surface area (Å²) in [6.45, 7) is 2.54. The molecule has 2 aromatic heterocycles. The minimum atomic E-state index is -3.69. The fourth-order valence-electron chi connectivity index (χ4n) is 4.43. The maximum atomic E-state index is 13.4. The smallest absolute Gasteiger partial charge is 0.247 e. The predicted molar refractivity (Wildman–Crippen MR) is 101 cm³/mol. The molecule has 0 unspecified atom stereocenters. The van der Waals surface area contributed by atoms with E-state index in [0.29, 0.717) is 18.3 Å². The van der Waals surface area contributed by atoms with Gasteiger partial charge in [-0.1, -0.05) is 35.5 Å². The van der Waals surface area contributed by atoms with Crippen molar-refractivity contribution in [1.29, 1.82) is 0 Å². The van der Waals surface area contributed by atoms with Crippen molar-refractivity contribution >= 4 is 10.0 Å². The minimum Gasteiger partial charge on any atom is -0.337 e. The average Bonchev–Trinajstić information content (AvgIpc) is 3.51. The molecule has 1 saturated carbocycles. The van der Waals surface area contributed by atoms with Gasteiger partial charge in [-0.3, -0.25) is 4.68 Å². The Labute approximate surface area is 163 Å². The summed E-state index contributed by atoms with van der Waals surface area (Å²) in [5.74, 6) is 1.05. The van der Waals surface area contributed by atoms with E-state index < -0.39 is 16.1 Å². The van der Waals surface area contributed by atoms with Gasteiger partial charge in [-0.15, -0.1) is 0 Å². The molecule has 5 rings (SSSR count). The van der Waals surface area contributed by atoms with Crippen molar-refractivity contribution < 1.29 is 12.9 Å². The second kappa shape index (κ2) is 6.52. The van der Waals surface area contributed by atoms with Gasteiger partial charge >= 0.3 is 0 Å². The third-order valence-electron chi connectivity index (χ3n) is 5.76. The van der Waals surface area contributed by atoms with Crippen molar-refractivity contribution in [2.24, 2.45) is 5.92 Å². The van der Waals surface area contributed by atoms with Gasteiger partial charge in [0.05, 0.1) is 6.20 Å². The largest absolute Gasteiger partial charge is 0.337 e. The molecule has 1 aromatic carbocycles. The molecule has 3 aromatic rings. The molecular formula is C19H21N5O3S. The van der Waals surface area contributed by atoms with Gasteiger partial charge in [0.2, 0.25) is 21.7 Å². The number of fused-ring (bicyclic) bond motifs is 2. The highest BCUT2D eigenvalue weighted by Crippen LogP contribution is 2.52. The first-order valence-electron chi connectivity index (χ1n) is 9.53. The summed E-state index contributed by atoms with van der Waals surface area (Å²) < 4.78 is 35.6. The monoisotopic (exact) mass is 399 g/mol. The zero-order chi connectivity index (χ0) is 19.3. The molecule has 2 fully saturated rings. The lowest BCUT2D eigenvalue weighted by Crippen LogP contribution is -2.40. The number of rotatable bonds is 5. The highest BCUT2D eigenvalue weighted by Gasteiger charge is 2.54. The molecule has 1 aliphatic heterocycles. The number of sulfonamides is 1. The van der Waals surface area contributed by atoms with Crippen LogP contribution < -0.4 is 0 Å². The van der Waals surface area contributed by atoms with Crippen LogP contribution in [0.3, 0.4) is 0 Å². The lowest BCUT2D eigenvalue weighted by molar-refractivity contribution is 0.197. The van der Waals surface area contributed by atoms with Crippen molar-refractivity contribution in [2.45, 2.75) is 49.7 Å². The van der Waals surface area contributed by atoms with Gasteiger partial charge in [0.1, 0.15) is 10.9 Å². The van der Waals surface area contributed by atoms with Crippen molar-refractivity contribution in [1.82, 2.24) is 24.2 Å². The first-order chi connectivity index (χ1) is 13.6. The Balaban J connectivity index is 1.52. The lowest BCUT2D eigenvalue weighted by Gasteiger charge is -2.31. The molecule has 1 saturated heterocycles. The van der Waals surface area contributed by atoms with Crippen LogP contribution >= 0.6 is 0 Å². The van der Waals surface area contributed by atoms with E-state index in [1.54, 1.807) is 15.2 Å². The highest BCUT2D eigenvalue weighted by atomic mass is 32.2. The van der Waals surface area contributed by atoms with Crippen LogP contribution in [0.5, 0.6) is 0 Å². The van der Waals surface area contributed by atoms with Crippen molar-refractivity contribution in [3.05, 3.63) is 48.6 Å². The average molecular weight is 399 g/mol. The van der Waals surface area contributed by atoms with E-state index in [0.717, 1.165) is 24.8 Å². The summed E-state index contributed by atoms with van der Waals surface area (Å²) in [7, 11) is -3.69. The number of aryl methyl sites for hydroxylation is 1. The number of hydrogen-bond acceptors (Lipinski definition) is 6. The third-order valence-corrected chi connectivity index (χ3v) is 7.65. The summed E-state index contributed by atoms with van der Waals surface area (Å²) in [4.78, 5) is 4.77. The molecule has 146 valence electrons. The Morgan fingerprint density at radius 2 is 2.04 bits per heavy atom. The van der Waals surface area contributed by atoms with E-state index in [-0.39, 0.29) is 16.9 Å². The molecule has 3 atom stereocenters. The molecule has 1 aliphatic carbocycles. The SMILES string of the molecule is CCn1cc(S(=O)(=O)N2[C@@H]3CC[C@H](C3)[C@@H]2c2nc(-c3ccccc3)no2)cn1. The zero-order valence-electron chi connectivity index (χ0n) is 15.5. The summed E-state index contributed by atoms with van der Waals surface area (Å²) in [5, 5.41) is 8.23. The van der Waals surface area contributed by atoms with Crippen LogP contribution in [0.1, 0.15) is 38.1 Å². The number of piperidine rings is 1. The van der Waals surface area contributed by atoms with Crippen molar-refractivity contribution in [3.63, 3.8) is 0 Å². The van der Waals surface area contributed by atoms with E-state index in [9.17, 15) is 8.42 Å². The number of hydrogen-bond donors (Lipinski definition) is 0. The van der Waals surface area contributed by atoms with E-state index in [1.165, 1.54) is 6.20 Å². The molecule has 0 spiro atoms.